The van der Waals surface area contributed by atoms with Crippen LogP contribution < -0.4 is 0 Å². The summed E-state index contributed by atoms with van der Waals surface area (Å²) in [6, 6.07) is 25.0. The van der Waals surface area contributed by atoms with Gasteiger partial charge in [0, 0.05) is 27.2 Å². The summed E-state index contributed by atoms with van der Waals surface area (Å²) < 4.78 is 6.04. The normalized spacial score (nSPS) is 11.6. The standard InChI is InChI=1S/C20H13NO/c1-4-11-18-13(6-1)12-19(22-18)16-9-5-8-15-14-7-2-3-10-17(14)21-20(15)16/h1-12,21H. The quantitative estimate of drug-likeness (QED) is 0.418. The predicted octanol–water partition coefficient (Wildman–Crippen LogP) is 5.73. The maximum atomic E-state index is 6.04. The molecule has 0 saturated carbocycles. The number of H-pyrrole nitrogens is 1. The van der Waals surface area contributed by atoms with E-state index in [9.17, 15) is 0 Å². The second kappa shape index (κ2) is 4.25. The fraction of sp³-hybridized carbons (Fsp3) is 0. The number of para-hydroxylation sites is 3. The van der Waals surface area contributed by atoms with Crippen LogP contribution in [0.3, 0.4) is 0 Å². The first-order valence-electron chi connectivity index (χ1n) is 7.38. The molecule has 2 aromatic heterocycles. The molecule has 0 radical (unpaired) electrons. The van der Waals surface area contributed by atoms with Crippen molar-refractivity contribution in [3.63, 3.8) is 0 Å². The van der Waals surface area contributed by atoms with Crippen LogP contribution in [0.25, 0.3) is 44.1 Å². The van der Waals surface area contributed by atoms with Gasteiger partial charge in [-0.15, -0.1) is 0 Å². The number of nitrogens with one attached hydrogen (secondary N) is 1. The number of furan rings is 1. The number of benzene rings is 3. The molecule has 0 spiro atoms. The van der Waals surface area contributed by atoms with Crippen LogP contribution >= 0.6 is 0 Å². The summed E-state index contributed by atoms with van der Waals surface area (Å²) >= 11 is 0. The first-order valence-corrected chi connectivity index (χ1v) is 7.38. The monoisotopic (exact) mass is 283 g/mol. The Morgan fingerprint density at radius 2 is 1.55 bits per heavy atom. The van der Waals surface area contributed by atoms with Gasteiger partial charge in [0.05, 0.1) is 5.52 Å². The van der Waals surface area contributed by atoms with E-state index in [1.54, 1.807) is 0 Å². The molecule has 0 aliphatic rings. The van der Waals surface area contributed by atoms with E-state index in [2.05, 4.69) is 59.6 Å². The van der Waals surface area contributed by atoms with Crippen molar-refractivity contribution in [1.82, 2.24) is 4.98 Å². The van der Waals surface area contributed by atoms with Crippen molar-refractivity contribution < 1.29 is 4.42 Å². The number of aromatic amines is 1. The molecule has 3 aromatic carbocycles. The number of rotatable bonds is 1. The fourth-order valence-corrected chi connectivity index (χ4v) is 3.19. The van der Waals surface area contributed by atoms with Crippen molar-refractivity contribution in [2.45, 2.75) is 0 Å². The van der Waals surface area contributed by atoms with Gasteiger partial charge in [0.15, 0.2) is 0 Å². The van der Waals surface area contributed by atoms with E-state index >= 15 is 0 Å². The maximum Gasteiger partial charge on any atom is 0.137 e. The summed E-state index contributed by atoms with van der Waals surface area (Å²) in [5.74, 6) is 0.901. The molecule has 0 amide bonds. The average molecular weight is 283 g/mol. The molecule has 0 unspecified atom stereocenters. The molecule has 0 fully saturated rings. The van der Waals surface area contributed by atoms with Crippen LogP contribution in [-0.4, -0.2) is 4.98 Å². The third-order valence-corrected chi connectivity index (χ3v) is 4.23. The van der Waals surface area contributed by atoms with Crippen molar-refractivity contribution in [2.75, 3.05) is 0 Å². The molecule has 2 heterocycles. The molecule has 5 rings (SSSR count). The van der Waals surface area contributed by atoms with Gasteiger partial charge in [0.1, 0.15) is 11.3 Å². The lowest BCUT2D eigenvalue weighted by Gasteiger charge is -1.99. The van der Waals surface area contributed by atoms with E-state index in [1.165, 1.54) is 10.8 Å². The largest absolute Gasteiger partial charge is 0.456 e. The highest BCUT2D eigenvalue weighted by Gasteiger charge is 2.12. The minimum atomic E-state index is 0.901. The molecule has 0 bridgehead atoms. The first kappa shape index (κ1) is 11.6. The molecule has 0 aliphatic carbocycles. The maximum absolute atomic E-state index is 6.04. The zero-order valence-electron chi connectivity index (χ0n) is 11.8. The van der Waals surface area contributed by atoms with Crippen molar-refractivity contribution >= 4 is 32.8 Å². The Hall–Kier alpha value is -3.00. The molecular formula is C20H13NO. The van der Waals surface area contributed by atoms with Crippen molar-refractivity contribution in [3.05, 3.63) is 72.8 Å². The van der Waals surface area contributed by atoms with Crippen molar-refractivity contribution in [3.8, 4) is 11.3 Å². The molecule has 0 saturated heterocycles. The van der Waals surface area contributed by atoms with E-state index < -0.39 is 0 Å². The minimum absolute atomic E-state index is 0.901. The zero-order chi connectivity index (χ0) is 14.5. The Bertz CT molecular complexity index is 1100. The molecule has 104 valence electrons. The number of hydrogen-bond acceptors (Lipinski definition) is 1. The molecule has 0 atom stereocenters. The SMILES string of the molecule is c1ccc2oc(-c3cccc4c3[nH]c3ccccc34)cc2c1. The Morgan fingerprint density at radius 3 is 2.50 bits per heavy atom. The van der Waals surface area contributed by atoms with Gasteiger partial charge >= 0.3 is 0 Å². The highest BCUT2D eigenvalue weighted by molar-refractivity contribution is 6.11. The summed E-state index contributed by atoms with van der Waals surface area (Å²) in [6.07, 6.45) is 0. The number of aromatic nitrogens is 1. The van der Waals surface area contributed by atoms with E-state index in [-0.39, 0.29) is 0 Å². The summed E-state index contributed by atoms with van der Waals surface area (Å²) in [5.41, 5.74) is 4.30. The predicted molar refractivity (Wildman–Crippen MR) is 91.0 cm³/mol. The number of hydrogen-bond donors (Lipinski definition) is 1. The molecule has 5 aromatic rings. The first-order chi connectivity index (χ1) is 10.9. The van der Waals surface area contributed by atoms with Crippen LogP contribution in [0.15, 0.2) is 77.2 Å². The Kier molecular flexibility index (Phi) is 2.25. The topological polar surface area (TPSA) is 28.9 Å². The molecule has 1 N–H and O–H groups in total. The van der Waals surface area contributed by atoms with Crippen molar-refractivity contribution in [1.29, 1.82) is 0 Å². The molecule has 2 nitrogen and oxygen atoms in total. The van der Waals surface area contributed by atoms with Crippen LogP contribution in [0.4, 0.5) is 0 Å². The molecule has 0 aliphatic heterocycles. The lowest BCUT2D eigenvalue weighted by atomic mass is 10.1. The van der Waals surface area contributed by atoms with E-state index in [0.29, 0.717) is 0 Å². The Morgan fingerprint density at radius 1 is 0.727 bits per heavy atom. The van der Waals surface area contributed by atoms with Gasteiger partial charge in [0.25, 0.3) is 0 Å². The van der Waals surface area contributed by atoms with Crippen molar-refractivity contribution in [2.24, 2.45) is 0 Å². The summed E-state index contributed by atoms with van der Waals surface area (Å²) in [5, 5.41) is 3.61. The van der Waals surface area contributed by atoms with Gasteiger partial charge in [0.2, 0.25) is 0 Å². The highest BCUT2D eigenvalue weighted by Crippen LogP contribution is 2.35. The van der Waals surface area contributed by atoms with Crippen LogP contribution in [0.2, 0.25) is 0 Å². The summed E-state index contributed by atoms with van der Waals surface area (Å²) in [6.45, 7) is 0. The van der Waals surface area contributed by atoms with Gasteiger partial charge in [-0.25, -0.2) is 0 Å². The Labute approximate surface area is 127 Å². The Balaban J connectivity index is 1.87. The third-order valence-electron chi connectivity index (χ3n) is 4.23. The van der Waals surface area contributed by atoms with Gasteiger partial charge in [-0.1, -0.05) is 48.5 Å². The van der Waals surface area contributed by atoms with Gasteiger partial charge < -0.3 is 9.40 Å². The van der Waals surface area contributed by atoms with Crippen LogP contribution in [-0.2, 0) is 0 Å². The lowest BCUT2D eigenvalue weighted by Crippen LogP contribution is -1.76. The zero-order valence-corrected chi connectivity index (χ0v) is 11.8. The third kappa shape index (κ3) is 1.55. The second-order valence-corrected chi connectivity index (χ2v) is 5.55. The smallest absolute Gasteiger partial charge is 0.137 e. The molecular weight excluding hydrogens is 270 g/mol. The minimum Gasteiger partial charge on any atom is -0.456 e. The second-order valence-electron chi connectivity index (χ2n) is 5.55. The highest BCUT2D eigenvalue weighted by atomic mass is 16.3. The van der Waals surface area contributed by atoms with Gasteiger partial charge in [-0.2, -0.15) is 0 Å². The molecule has 2 heteroatoms. The van der Waals surface area contributed by atoms with Gasteiger partial charge in [-0.05, 0) is 24.3 Å². The number of fused-ring (bicyclic) bond motifs is 4. The van der Waals surface area contributed by atoms with E-state index in [1.807, 2.05) is 18.2 Å². The van der Waals surface area contributed by atoms with Gasteiger partial charge in [-0.3, -0.25) is 0 Å². The van der Waals surface area contributed by atoms with Crippen LogP contribution in [0.5, 0.6) is 0 Å². The summed E-state index contributed by atoms with van der Waals surface area (Å²) in [7, 11) is 0. The van der Waals surface area contributed by atoms with E-state index in [0.717, 1.165) is 33.3 Å². The molecule has 22 heavy (non-hydrogen) atoms. The fourth-order valence-electron chi connectivity index (χ4n) is 3.19. The van der Waals surface area contributed by atoms with E-state index in [4.69, 9.17) is 4.42 Å². The average Bonchev–Trinajstić information content (AvgIpc) is 3.15. The van der Waals surface area contributed by atoms with Crippen LogP contribution in [0, 0.1) is 0 Å². The van der Waals surface area contributed by atoms with Crippen LogP contribution in [0.1, 0.15) is 0 Å². The lowest BCUT2D eigenvalue weighted by molar-refractivity contribution is 0.632. The summed E-state index contributed by atoms with van der Waals surface area (Å²) in [4.78, 5) is 3.53.